The van der Waals surface area contributed by atoms with Crippen LogP contribution in [0.1, 0.15) is 43.0 Å². The van der Waals surface area contributed by atoms with Gasteiger partial charge in [0.05, 0.1) is 33.5 Å². The summed E-state index contributed by atoms with van der Waals surface area (Å²) in [6.07, 6.45) is 0. The van der Waals surface area contributed by atoms with Crippen LogP contribution in [0.5, 0.6) is 0 Å². The maximum absolute atomic E-state index is 14.7. The predicted octanol–water partition coefficient (Wildman–Crippen LogP) is 11.8. The first-order valence-electron chi connectivity index (χ1n) is 17.7. The Morgan fingerprint density at radius 1 is 0.404 bits per heavy atom. The Morgan fingerprint density at radius 2 is 0.942 bits per heavy atom. The Kier molecular flexibility index (Phi) is 7.30. The van der Waals surface area contributed by atoms with Gasteiger partial charge in [0.15, 0.2) is 0 Å². The lowest BCUT2D eigenvalue weighted by atomic mass is 9.95. The van der Waals surface area contributed by atoms with Crippen LogP contribution >= 0.6 is 0 Å². The fourth-order valence-electron chi connectivity index (χ4n) is 8.10. The number of fused-ring (bicyclic) bond motifs is 4. The SMILES string of the molecule is Cc1ccc(-c2ccc3c(c2)c2cc(-c4ccc(C)cc4C)ccc2n3-c2cccc3c2C(=O)N(c2ccccc2-c2ccccc2)C3=O)c(C)c1. The van der Waals surface area contributed by atoms with Crippen LogP contribution < -0.4 is 4.90 Å². The number of rotatable bonds is 5. The Morgan fingerprint density at radius 3 is 1.54 bits per heavy atom. The average Bonchev–Trinajstić information content (AvgIpc) is 3.61. The first kappa shape index (κ1) is 31.5. The molecule has 4 heteroatoms. The van der Waals surface area contributed by atoms with E-state index in [0.717, 1.165) is 44.1 Å². The highest BCUT2D eigenvalue weighted by molar-refractivity contribution is 6.36. The van der Waals surface area contributed by atoms with Gasteiger partial charge in [-0.15, -0.1) is 0 Å². The lowest BCUT2D eigenvalue weighted by molar-refractivity contribution is 0.0926. The summed E-state index contributed by atoms with van der Waals surface area (Å²) < 4.78 is 2.17. The van der Waals surface area contributed by atoms with E-state index in [2.05, 4.69) is 105 Å². The molecule has 0 saturated carbocycles. The summed E-state index contributed by atoms with van der Waals surface area (Å²) in [6.45, 7) is 8.55. The van der Waals surface area contributed by atoms with Gasteiger partial charge in [-0.25, -0.2) is 4.90 Å². The topological polar surface area (TPSA) is 42.3 Å². The van der Waals surface area contributed by atoms with Crippen molar-refractivity contribution in [2.75, 3.05) is 4.90 Å². The van der Waals surface area contributed by atoms with E-state index in [4.69, 9.17) is 0 Å². The van der Waals surface area contributed by atoms with Crippen molar-refractivity contribution in [1.82, 2.24) is 4.57 Å². The molecule has 1 aliphatic rings. The smallest absolute Gasteiger partial charge is 0.268 e. The molecule has 250 valence electrons. The largest absolute Gasteiger partial charge is 0.308 e. The van der Waals surface area contributed by atoms with Gasteiger partial charge in [-0.2, -0.15) is 0 Å². The maximum Gasteiger partial charge on any atom is 0.268 e. The van der Waals surface area contributed by atoms with Crippen molar-refractivity contribution in [2.45, 2.75) is 27.7 Å². The second-order valence-corrected chi connectivity index (χ2v) is 14.0. The third-order valence-electron chi connectivity index (χ3n) is 10.5. The number of benzene rings is 7. The average molecular weight is 673 g/mol. The highest BCUT2D eigenvalue weighted by atomic mass is 16.2. The Balaban J connectivity index is 1.27. The van der Waals surface area contributed by atoms with Crippen molar-refractivity contribution in [3.8, 4) is 39.1 Å². The van der Waals surface area contributed by atoms with E-state index in [1.807, 2.05) is 66.7 Å². The molecule has 7 aromatic carbocycles. The highest BCUT2D eigenvalue weighted by Gasteiger charge is 2.40. The molecule has 2 heterocycles. The van der Waals surface area contributed by atoms with Crippen molar-refractivity contribution in [1.29, 1.82) is 0 Å². The van der Waals surface area contributed by atoms with Crippen LogP contribution in [0.15, 0.2) is 146 Å². The number of amides is 2. The molecule has 1 aromatic heterocycles. The van der Waals surface area contributed by atoms with Gasteiger partial charge < -0.3 is 4.57 Å². The first-order chi connectivity index (χ1) is 25.3. The number of hydrogen-bond donors (Lipinski definition) is 0. The number of carbonyl (C=O) groups excluding carboxylic acids is 2. The number of imide groups is 1. The van der Waals surface area contributed by atoms with Crippen molar-refractivity contribution in [3.05, 3.63) is 179 Å². The highest BCUT2D eigenvalue weighted by Crippen LogP contribution is 2.42. The second kappa shape index (κ2) is 12.1. The van der Waals surface area contributed by atoms with Crippen LogP contribution in [0.4, 0.5) is 5.69 Å². The Bertz CT molecular complexity index is 2660. The van der Waals surface area contributed by atoms with Gasteiger partial charge in [-0.05, 0) is 109 Å². The van der Waals surface area contributed by atoms with Gasteiger partial charge in [0.2, 0.25) is 0 Å². The third-order valence-corrected chi connectivity index (χ3v) is 10.5. The second-order valence-electron chi connectivity index (χ2n) is 14.0. The number of aromatic nitrogens is 1. The molecule has 0 fully saturated rings. The zero-order valence-electron chi connectivity index (χ0n) is 29.6. The number of carbonyl (C=O) groups is 2. The summed E-state index contributed by atoms with van der Waals surface area (Å²) in [6, 6.07) is 49.5. The van der Waals surface area contributed by atoms with Gasteiger partial charge in [-0.1, -0.05) is 114 Å². The van der Waals surface area contributed by atoms with Crippen LogP contribution in [0.2, 0.25) is 0 Å². The van der Waals surface area contributed by atoms with Crippen molar-refractivity contribution < 1.29 is 9.59 Å². The van der Waals surface area contributed by atoms with Crippen LogP contribution in [-0.4, -0.2) is 16.4 Å². The Labute approximate surface area is 303 Å². The van der Waals surface area contributed by atoms with Crippen LogP contribution in [0.25, 0.3) is 60.9 Å². The summed E-state index contributed by atoms with van der Waals surface area (Å²) >= 11 is 0. The normalized spacial score (nSPS) is 12.7. The minimum Gasteiger partial charge on any atom is -0.308 e. The standard InChI is InChI=1S/C48H36N2O2/c1-29-17-21-36(31(3)25-29)34-19-23-43-40(27-34)41-28-35(37-22-18-30(2)26-32(37)4)20-24-44(41)49(43)45-16-10-14-39-46(45)48(52)50(47(39)51)42-15-9-8-13-38(42)33-11-6-5-7-12-33/h5-28H,1-4H3. The molecule has 4 nitrogen and oxygen atoms in total. The molecule has 0 aliphatic carbocycles. The van der Waals surface area contributed by atoms with Gasteiger partial charge >= 0.3 is 0 Å². The third kappa shape index (κ3) is 4.90. The lowest BCUT2D eigenvalue weighted by Crippen LogP contribution is -2.30. The fraction of sp³-hybridized carbons (Fsp3) is 0.0833. The zero-order valence-corrected chi connectivity index (χ0v) is 29.6. The Hall–Kier alpha value is -6.52. The monoisotopic (exact) mass is 672 g/mol. The van der Waals surface area contributed by atoms with E-state index in [1.54, 1.807) is 6.07 Å². The van der Waals surface area contributed by atoms with E-state index < -0.39 is 0 Å². The van der Waals surface area contributed by atoms with Crippen LogP contribution in [0, 0.1) is 27.7 Å². The summed E-state index contributed by atoms with van der Waals surface area (Å²) in [7, 11) is 0. The van der Waals surface area contributed by atoms with Crippen molar-refractivity contribution >= 4 is 39.3 Å². The molecule has 9 rings (SSSR count). The summed E-state index contributed by atoms with van der Waals surface area (Å²) in [5.41, 5.74) is 15.3. The molecule has 8 aromatic rings. The van der Waals surface area contributed by atoms with Gasteiger partial charge in [-0.3, -0.25) is 9.59 Å². The van der Waals surface area contributed by atoms with Crippen molar-refractivity contribution in [2.24, 2.45) is 0 Å². The maximum atomic E-state index is 14.7. The molecule has 2 amide bonds. The number of aryl methyl sites for hydroxylation is 4. The molecule has 0 bridgehead atoms. The number of anilines is 1. The number of nitrogens with zero attached hydrogens (tertiary/aromatic N) is 2. The number of para-hydroxylation sites is 1. The van der Waals surface area contributed by atoms with E-state index in [-0.39, 0.29) is 11.8 Å². The summed E-state index contributed by atoms with van der Waals surface area (Å²) in [5.74, 6) is -0.645. The minimum atomic E-state index is -0.326. The van der Waals surface area contributed by atoms with E-state index >= 15 is 0 Å². The molecule has 0 radical (unpaired) electrons. The predicted molar refractivity (Wildman–Crippen MR) is 214 cm³/mol. The van der Waals surface area contributed by atoms with Gasteiger partial charge in [0, 0.05) is 16.3 Å². The summed E-state index contributed by atoms with van der Waals surface area (Å²) in [5, 5.41) is 2.17. The quantitative estimate of drug-likeness (QED) is 0.171. The zero-order chi connectivity index (χ0) is 35.7. The van der Waals surface area contributed by atoms with Crippen LogP contribution in [0.3, 0.4) is 0 Å². The first-order valence-corrected chi connectivity index (χ1v) is 17.7. The molecular weight excluding hydrogens is 637 g/mol. The molecule has 0 atom stereocenters. The van der Waals surface area contributed by atoms with E-state index in [0.29, 0.717) is 22.5 Å². The molecule has 0 unspecified atom stereocenters. The van der Waals surface area contributed by atoms with Crippen LogP contribution in [-0.2, 0) is 0 Å². The molecule has 1 aliphatic heterocycles. The summed E-state index contributed by atoms with van der Waals surface area (Å²) in [4.78, 5) is 30.3. The lowest BCUT2D eigenvalue weighted by Gasteiger charge is -2.18. The van der Waals surface area contributed by atoms with Crippen molar-refractivity contribution in [3.63, 3.8) is 0 Å². The molecule has 0 saturated heterocycles. The molecular formula is C48H36N2O2. The van der Waals surface area contributed by atoms with Gasteiger partial charge in [0.1, 0.15) is 0 Å². The number of hydrogen-bond acceptors (Lipinski definition) is 2. The van der Waals surface area contributed by atoms with E-state index in [1.165, 1.54) is 38.3 Å². The molecule has 0 spiro atoms. The van der Waals surface area contributed by atoms with E-state index in [9.17, 15) is 9.59 Å². The minimum absolute atomic E-state index is 0.319. The fourth-order valence-corrected chi connectivity index (χ4v) is 8.10. The molecule has 0 N–H and O–H groups in total. The molecule has 52 heavy (non-hydrogen) atoms. The van der Waals surface area contributed by atoms with Gasteiger partial charge in [0.25, 0.3) is 11.8 Å².